The maximum atomic E-state index is 12.9. The highest BCUT2D eigenvalue weighted by Crippen LogP contribution is 2.20. The molecule has 0 saturated carbocycles. The standard InChI is InChI=1S/C15H20ClN3O3S/c1-12-4-5-13(22-12)11-19(9-8-18(2)3)23(20,21)14-6-7-15(16)17-10-14/h4-7,10H,8-9,11H2,1-3H3. The summed E-state index contributed by atoms with van der Waals surface area (Å²) < 4.78 is 32.6. The van der Waals surface area contributed by atoms with Gasteiger partial charge in [0.1, 0.15) is 21.6 Å². The molecule has 2 rings (SSSR count). The average molecular weight is 358 g/mol. The number of pyridine rings is 1. The second kappa shape index (κ2) is 7.44. The first kappa shape index (κ1) is 17.9. The van der Waals surface area contributed by atoms with Gasteiger partial charge in [-0.3, -0.25) is 0 Å². The predicted molar refractivity (Wildman–Crippen MR) is 88.8 cm³/mol. The van der Waals surface area contributed by atoms with Gasteiger partial charge in [0, 0.05) is 19.3 Å². The molecule has 0 atom stereocenters. The Balaban J connectivity index is 2.28. The molecule has 0 bridgehead atoms. The number of hydrogen-bond acceptors (Lipinski definition) is 5. The molecule has 2 aromatic heterocycles. The van der Waals surface area contributed by atoms with Crippen LogP contribution in [0.4, 0.5) is 0 Å². The lowest BCUT2D eigenvalue weighted by Crippen LogP contribution is -2.36. The fourth-order valence-corrected chi connectivity index (χ4v) is 3.46. The summed E-state index contributed by atoms with van der Waals surface area (Å²) in [5.41, 5.74) is 0. The van der Waals surface area contributed by atoms with E-state index in [-0.39, 0.29) is 16.6 Å². The van der Waals surface area contributed by atoms with Gasteiger partial charge >= 0.3 is 0 Å². The number of likely N-dealkylation sites (N-methyl/N-ethyl adjacent to an activating group) is 1. The number of halogens is 1. The Labute approximate surface area is 141 Å². The number of nitrogens with zero attached hydrogens (tertiary/aromatic N) is 3. The van der Waals surface area contributed by atoms with Crippen LogP contribution in [0.1, 0.15) is 11.5 Å². The summed E-state index contributed by atoms with van der Waals surface area (Å²) in [6, 6.07) is 6.53. The van der Waals surface area contributed by atoms with Crippen molar-refractivity contribution in [1.82, 2.24) is 14.2 Å². The van der Waals surface area contributed by atoms with Crippen molar-refractivity contribution in [2.75, 3.05) is 27.2 Å². The van der Waals surface area contributed by atoms with Gasteiger partial charge in [0.2, 0.25) is 10.0 Å². The van der Waals surface area contributed by atoms with Crippen molar-refractivity contribution in [2.45, 2.75) is 18.4 Å². The summed E-state index contributed by atoms with van der Waals surface area (Å²) >= 11 is 5.74. The lowest BCUT2D eigenvalue weighted by atomic mass is 10.4. The fraction of sp³-hybridized carbons (Fsp3) is 0.400. The van der Waals surface area contributed by atoms with Crippen LogP contribution in [0.5, 0.6) is 0 Å². The van der Waals surface area contributed by atoms with E-state index in [0.717, 1.165) is 5.76 Å². The Morgan fingerprint density at radius 2 is 1.91 bits per heavy atom. The number of rotatable bonds is 7. The molecule has 2 heterocycles. The largest absolute Gasteiger partial charge is 0.465 e. The van der Waals surface area contributed by atoms with E-state index in [4.69, 9.17) is 16.0 Å². The molecule has 6 nitrogen and oxygen atoms in total. The third kappa shape index (κ3) is 4.78. The Bertz CT molecular complexity index is 742. The van der Waals surface area contributed by atoms with Crippen LogP contribution in [0.15, 0.2) is 39.8 Å². The van der Waals surface area contributed by atoms with Gasteiger partial charge in [0.15, 0.2) is 0 Å². The molecule has 23 heavy (non-hydrogen) atoms. The Hall–Kier alpha value is -1.41. The minimum atomic E-state index is -3.68. The Morgan fingerprint density at radius 1 is 1.17 bits per heavy atom. The van der Waals surface area contributed by atoms with Crippen molar-refractivity contribution in [1.29, 1.82) is 0 Å². The van der Waals surface area contributed by atoms with E-state index in [9.17, 15) is 8.42 Å². The summed E-state index contributed by atoms with van der Waals surface area (Å²) in [6.07, 6.45) is 1.27. The predicted octanol–water partition coefficient (Wildman–Crippen LogP) is 2.39. The summed E-state index contributed by atoms with van der Waals surface area (Å²) in [5, 5.41) is 0.255. The molecule has 126 valence electrons. The van der Waals surface area contributed by atoms with Crippen LogP contribution < -0.4 is 0 Å². The van der Waals surface area contributed by atoms with E-state index in [1.54, 1.807) is 6.07 Å². The van der Waals surface area contributed by atoms with Gasteiger partial charge < -0.3 is 9.32 Å². The maximum Gasteiger partial charge on any atom is 0.245 e. The average Bonchev–Trinajstić information content (AvgIpc) is 2.89. The molecular weight excluding hydrogens is 338 g/mol. The van der Waals surface area contributed by atoms with Crippen LogP contribution in [-0.2, 0) is 16.6 Å². The van der Waals surface area contributed by atoms with Gasteiger partial charge in [0.25, 0.3) is 0 Å². The Kier molecular flexibility index (Phi) is 5.80. The highest BCUT2D eigenvalue weighted by atomic mass is 35.5. The van der Waals surface area contributed by atoms with Crippen molar-refractivity contribution < 1.29 is 12.8 Å². The van der Waals surface area contributed by atoms with Crippen LogP contribution in [0.2, 0.25) is 5.15 Å². The van der Waals surface area contributed by atoms with E-state index < -0.39 is 10.0 Å². The third-order valence-corrected chi connectivity index (χ3v) is 5.32. The number of hydrogen-bond donors (Lipinski definition) is 0. The monoisotopic (exact) mass is 357 g/mol. The van der Waals surface area contributed by atoms with E-state index in [1.165, 1.54) is 22.6 Å². The van der Waals surface area contributed by atoms with Gasteiger partial charge in [0.05, 0.1) is 6.54 Å². The first-order valence-electron chi connectivity index (χ1n) is 7.11. The molecule has 0 spiro atoms. The van der Waals surface area contributed by atoms with E-state index >= 15 is 0 Å². The van der Waals surface area contributed by atoms with Gasteiger partial charge in [-0.1, -0.05) is 11.6 Å². The van der Waals surface area contributed by atoms with Crippen LogP contribution in [0, 0.1) is 6.92 Å². The summed E-state index contributed by atoms with van der Waals surface area (Å²) in [6.45, 7) is 2.94. The molecule has 0 aliphatic heterocycles. The van der Waals surface area contributed by atoms with Crippen molar-refractivity contribution in [3.63, 3.8) is 0 Å². The van der Waals surface area contributed by atoms with Crippen molar-refractivity contribution >= 4 is 21.6 Å². The molecule has 0 saturated heterocycles. The zero-order chi connectivity index (χ0) is 17.0. The van der Waals surface area contributed by atoms with Gasteiger partial charge in [-0.05, 0) is 45.3 Å². The lowest BCUT2D eigenvalue weighted by molar-refractivity contribution is 0.310. The van der Waals surface area contributed by atoms with Crippen LogP contribution >= 0.6 is 11.6 Å². The van der Waals surface area contributed by atoms with E-state index in [1.807, 2.05) is 32.0 Å². The molecule has 0 aliphatic rings. The summed E-state index contributed by atoms with van der Waals surface area (Å²) in [5.74, 6) is 1.35. The SMILES string of the molecule is Cc1ccc(CN(CCN(C)C)S(=O)(=O)c2ccc(Cl)nc2)o1. The molecule has 0 amide bonds. The Morgan fingerprint density at radius 3 is 2.43 bits per heavy atom. The van der Waals surface area contributed by atoms with Crippen molar-refractivity contribution in [2.24, 2.45) is 0 Å². The molecule has 0 N–H and O–H groups in total. The summed E-state index contributed by atoms with van der Waals surface area (Å²) in [4.78, 5) is 5.90. The zero-order valence-electron chi connectivity index (χ0n) is 13.4. The quantitative estimate of drug-likeness (QED) is 0.712. The maximum absolute atomic E-state index is 12.9. The first-order chi connectivity index (χ1) is 10.8. The number of furan rings is 1. The van der Waals surface area contributed by atoms with Crippen LogP contribution in [0.25, 0.3) is 0 Å². The normalized spacial score (nSPS) is 12.3. The topological polar surface area (TPSA) is 66.7 Å². The highest BCUT2D eigenvalue weighted by Gasteiger charge is 2.26. The first-order valence-corrected chi connectivity index (χ1v) is 8.92. The molecule has 0 aromatic carbocycles. The van der Waals surface area contributed by atoms with E-state index in [2.05, 4.69) is 4.98 Å². The second-order valence-corrected chi connectivity index (χ2v) is 7.80. The van der Waals surface area contributed by atoms with Crippen molar-refractivity contribution in [3.8, 4) is 0 Å². The smallest absolute Gasteiger partial charge is 0.245 e. The second-order valence-electron chi connectivity index (χ2n) is 5.47. The number of aromatic nitrogens is 1. The molecule has 0 unspecified atom stereocenters. The minimum absolute atomic E-state index is 0.115. The molecule has 2 aromatic rings. The van der Waals surface area contributed by atoms with Crippen molar-refractivity contribution in [3.05, 3.63) is 47.1 Å². The van der Waals surface area contributed by atoms with Crippen LogP contribution in [-0.4, -0.2) is 49.8 Å². The highest BCUT2D eigenvalue weighted by molar-refractivity contribution is 7.89. The lowest BCUT2D eigenvalue weighted by Gasteiger charge is -2.23. The minimum Gasteiger partial charge on any atom is -0.465 e. The molecule has 0 fully saturated rings. The molecule has 0 radical (unpaired) electrons. The van der Waals surface area contributed by atoms with E-state index in [0.29, 0.717) is 18.8 Å². The summed E-state index contributed by atoms with van der Waals surface area (Å²) in [7, 11) is 0.112. The number of sulfonamides is 1. The zero-order valence-corrected chi connectivity index (χ0v) is 14.9. The van der Waals surface area contributed by atoms with Gasteiger partial charge in [-0.25, -0.2) is 13.4 Å². The molecular formula is C15H20ClN3O3S. The van der Waals surface area contributed by atoms with Crippen LogP contribution in [0.3, 0.4) is 0 Å². The fourth-order valence-electron chi connectivity index (χ4n) is 2.00. The number of aryl methyl sites for hydroxylation is 1. The van der Waals surface area contributed by atoms with Gasteiger partial charge in [-0.15, -0.1) is 0 Å². The molecule has 8 heteroatoms. The van der Waals surface area contributed by atoms with Gasteiger partial charge in [-0.2, -0.15) is 4.31 Å². The molecule has 0 aliphatic carbocycles. The third-order valence-electron chi connectivity index (χ3n) is 3.26.